The summed E-state index contributed by atoms with van der Waals surface area (Å²) >= 11 is 0. The predicted molar refractivity (Wildman–Crippen MR) is 112 cm³/mol. The lowest BCUT2D eigenvalue weighted by molar-refractivity contribution is 0.265. The van der Waals surface area contributed by atoms with Crippen LogP contribution >= 0.6 is 0 Å². The van der Waals surface area contributed by atoms with Crippen molar-refractivity contribution < 1.29 is 8.42 Å². The highest BCUT2D eigenvalue weighted by molar-refractivity contribution is 7.89. The molecule has 1 saturated carbocycles. The molecule has 3 atom stereocenters. The lowest BCUT2D eigenvalue weighted by atomic mass is 9.68. The van der Waals surface area contributed by atoms with Crippen molar-refractivity contribution >= 4 is 15.7 Å². The van der Waals surface area contributed by atoms with Crippen molar-refractivity contribution in [3.8, 4) is 0 Å². The zero-order valence-corrected chi connectivity index (χ0v) is 17.0. The molecule has 1 saturated heterocycles. The number of rotatable bonds is 3. The molecule has 1 N–H and O–H groups in total. The van der Waals surface area contributed by atoms with Crippen LogP contribution in [0.2, 0.25) is 0 Å². The quantitative estimate of drug-likeness (QED) is 0.802. The van der Waals surface area contributed by atoms with Crippen LogP contribution in [-0.4, -0.2) is 25.8 Å². The van der Waals surface area contributed by atoms with Crippen molar-refractivity contribution in [1.29, 1.82) is 0 Å². The molecule has 2 heterocycles. The SMILES string of the molecule is O=S(=O)(c1ccc2c(c1)C1CCCCC1C(c1ccccc1)N2)N1CCCC1. The van der Waals surface area contributed by atoms with Gasteiger partial charge in [0.2, 0.25) is 10.0 Å². The van der Waals surface area contributed by atoms with Gasteiger partial charge in [-0.3, -0.25) is 0 Å². The summed E-state index contributed by atoms with van der Waals surface area (Å²) in [5, 5.41) is 3.75. The molecule has 4 nitrogen and oxygen atoms in total. The Morgan fingerprint density at radius 2 is 1.64 bits per heavy atom. The minimum Gasteiger partial charge on any atom is -0.378 e. The summed E-state index contributed by atoms with van der Waals surface area (Å²) in [4.78, 5) is 0.470. The second-order valence-electron chi connectivity index (χ2n) is 8.45. The average Bonchev–Trinajstić information content (AvgIpc) is 3.29. The number of anilines is 1. The number of nitrogens with zero attached hydrogens (tertiary/aromatic N) is 1. The summed E-state index contributed by atoms with van der Waals surface area (Å²) in [6.07, 6.45) is 6.76. The standard InChI is InChI=1S/C23H28N2O2S/c26-28(27,25-14-6-7-15-25)18-12-13-22-21(16-18)19-10-4-5-11-20(19)23(24-22)17-8-2-1-3-9-17/h1-3,8-9,12-13,16,19-20,23-24H,4-7,10-11,14-15H2. The van der Waals surface area contributed by atoms with Gasteiger partial charge in [-0.1, -0.05) is 43.2 Å². The Balaban J connectivity index is 1.54. The van der Waals surface area contributed by atoms with Gasteiger partial charge in [0.05, 0.1) is 10.9 Å². The highest BCUT2D eigenvalue weighted by Gasteiger charge is 2.39. The lowest BCUT2D eigenvalue weighted by Gasteiger charge is -2.44. The fourth-order valence-electron chi connectivity index (χ4n) is 5.43. The monoisotopic (exact) mass is 396 g/mol. The molecule has 3 aliphatic rings. The molecule has 0 amide bonds. The molecule has 0 spiro atoms. The molecular weight excluding hydrogens is 368 g/mol. The van der Waals surface area contributed by atoms with Gasteiger partial charge in [-0.15, -0.1) is 0 Å². The Morgan fingerprint density at radius 1 is 0.893 bits per heavy atom. The summed E-state index contributed by atoms with van der Waals surface area (Å²) in [6.45, 7) is 1.31. The van der Waals surface area contributed by atoms with Crippen LogP contribution in [0.5, 0.6) is 0 Å². The third-order valence-corrected chi connectivity index (χ3v) is 8.74. The number of benzene rings is 2. The maximum atomic E-state index is 13.1. The van der Waals surface area contributed by atoms with Gasteiger partial charge in [-0.05, 0) is 66.8 Å². The van der Waals surface area contributed by atoms with Crippen molar-refractivity contribution in [3.63, 3.8) is 0 Å². The zero-order valence-electron chi connectivity index (χ0n) is 16.2. The average molecular weight is 397 g/mol. The molecule has 0 bridgehead atoms. The second-order valence-corrected chi connectivity index (χ2v) is 10.4. The van der Waals surface area contributed by atoms with E-state index in [-0.39, 0.29) is 0 Å². The van der Waals surface area contributed by atoms with E-state index in [1.54, 1.807) is 10.4 Å². The Kier molecular flexibility index (Phi) is 4.68. The third-order valence-electron chi connectivity index (χ3n) is 6.84. The first-order valence-corrected chi connectivity index (χ1v) is 12.0. The minimum atomic E-state index is -3.37. The van der Waals surface area contributed by atoms with Crippen LogP contribution in [0, 0.1) is 5.92 Å². The van der Waals surface area contributed by atoms with Crippen LogP contribution in [0.15, 0.2) is 53.4 Å². The van der Waals surface area contributed by atoms with Crippen molar-refractivity contribution in [3.05, 3.63) is 59.7 Å². The number of hydrogen-bond donors (Lipinski definition) is 1. The van der Waals surface area contributed by atoms with Crippen LogP contribution in [0.4, 0.5) is 5.69 Å². The summed E-state index contributed by atoms with van der Waals surface area (Å²) in [7, 11) is -3.37. The van der Waals surface area contributed by atoms with Crippen LogP contribution in [0.25, 0.3) is 0 Å². The Labute approximate surface area is 168 Å². The Hall–Kier alpha value is -1.85. The van der Waals surface area contributed by atoms with Crippen molar-refractivity contribution in [2.75, 3.05) is 18.4 Å². The largest absolute Gasteiger partial charge is 0.378 e. The molecule has 2 fully saturated rings. The van der Waals surface area contributed by atoms with E-state index in [9.17, 15) is 8.42 Å². The van der Waals surface area contributed by atoms with E-state index in [1.165, 1.54) is 30.4 Å². The van der Waals surface area contributed by atoms with E-state index in [1.807, 2.05) is 12.1 Å². The van der Waals surface area contributed by atoms with E-state index < -0.39 is 10.0 Å². The Morgan fingerprint density at radius 3 is 2.43 bits per heavy atom. The van der Waals surface area contributed by atoms with E-state index >= 15 is 0 Å². The minimum absolute atomic E-state index is 0.306. The molecule has 0 radical (unpaired) electrons. The van der Waals surface area contributed by atoms with E-state index in [4.69, 9.17) is 0 Å². The van der Waals surface area contributed by atoms with E-state index in [0.717, 1.165) is 24.9 Å². The van der Waals surface area contributed by atoms with Crippen LogP contribution in [-0.2, 0) is 10.0 Å². The molecule has 5 rings (SSSR count). The molecular formula is C23H28N2O2S. The highest BCUT2D eigenvalue weighted by Crippen LogP contribution is 2.51. The maximum absolute atomic E-state index is 13.1. The van der Waals surface area contributed by atoms with Gasteiger partial charge in [0.1, 0.15) is 0 Å². The lowest BCUT2D eigenvalue weighted by Crippen LogP contribution is -2.34. The van der Waals surface area contributed by atoms with E-state index in [2.05, 4.69) is 35.6 Å². The number of hydrogen-bond acceptors (Lipinski definition) is 3. The first-order valence-electron chi connectivity index (χ1n) is 10.6. The normalized spacial score (nSPS) is 27.6. The number of fused-ring (bicyclic) bond motifs is 3. The topological polar surface area (TPSA) is 49.4 Å². The van der Waals surface area contributed by atoms with Crippen LogP contribution in [0.1, 0.15) is 61.6 Å². The van der Waals surface area contributed by atoms with Gasteiger partial charge in [-0.2, -0.15) is 4.31 Å². The van der Waals surface area contributed by atoms with Gasteiger partial charge in [0.15, 0.2) is 0 Å². The van der Waals surface area contributed by atoms with Gasteiger partial charge in [-0.25, -0.2) is 8.42 Å². The summed E-state index contributed by atoms with van der Waals surface area (Å²) in [5.41, 5.74) is 3.65. The van der Waals surface area contributed by atoms with Crippen molar-refractivity contribution in [1.82, 2.24) is 4.31 Å². The molecule has 5 heteroatoms. The summed E-state index contributed by atoms with van der Waals surface area (Å²) < 4.78 is 27.8. The number of sulfonamides is 1. The fourth-order valence-corrected chi connectivity index (χ4v) is 6.98. The number of nitrogens with one attached hydrogen (secondary N) is 1. The fraction of sp³-hybridized carbons (Fsp3) is 0.478. The Bertz CT molecular complexity index is 952. The smallest absolute Gasteiger partial charge is 0.243 e. The molecule has 148 valence electrons. The maximum Gasteiger partial charge on any atom is 0.243 e. The second kappa shape index (κ2) is 7.20. The molecule has 2 aliphatic heterocycles. The van der Waals surface area contributed by atoms with Crippen molar-refractivity contribution in [2.45, 2.75) is 55.4 Å². The zero-order chi connectivity index (χ0) is 19.1. The van der Waals surface area contributed by atoms with Gasteiger partial charge >= 0.3 is 0 Å². The first-order chi connectivity index (χ1) is 13.6. The van der Waals surface area contributed by atoms with Gasteiger partial charge < -0.3 is 5.32 Å². The van der Waals surface area contributed by atoms with Crippen LogP contribution < -0.4 is 5.32 Å². The summed E-state index contributed by atoms with van der Waals surface area (Å²) in [6, 6.07) is 16.8. The predicted octanol–water partition coefficient (Wildman–Crippen LogP) is 4.91. The van der Waals surface area contributed by atoms with Gasteiger partial charge in [0.25, 0.3) is 0 Å². The summed E-state index contributed by atoms with van der Waals surface area (Å²) in [5.74, 6) is 0.956. The highest BCUT2D eigenvalue weighted by atomic mass is 32.2. The molecule has 0 aromatic heterocycles. The van der Waals surface area contributed by atoms with Crippen LogP contribution in [0.3, 0.4) is 0 Å². The van der Waals surface area contributed by atoms with Crippen molar-refractivity contribution in [2.24, 2.45) is 5.92 Å². The molecule has 3 unspecified atom stereocenters. The molecule has 28 heavy (non-hydrogen) atoms. The molecule has 2 aromatic carbocycles. The van der Waals surface area contributed by atoms with E-state index in [0.29, 0.717) is 35.9 Å². The molecule has 1 aliphatic carbocycles. The molecule has 2 aromatic rings. The third kappa shape index (κ3) is 3.05. The van der Waals surface area contributed by atoms with Gasteiger partial charge in [0, 0.05) is 18.8 Å². The first kappa shape index (κ1) is 18.2.